The first-order chi connectivity index (χ1) is 12.6. The molecule has 0 aromatic rings. The van der Waals surface area contributed by atoms with Crippen molar-refractivity contribution in [2.75, 3.05) is 0 Å². The molecule has 0 N–H and O–H groups in total. The molecule has 0 aliphatic rings. The minimum Gasteiger partial charge on any atom is -0.103 e. The second-order valence-electron chi connectivity index (χ2n) is 2.81. The van der Waals surface area contributed by atoms with Crippen LogP contribution in [0.3, 0.4) is 0 Å². The molecule has 0 fully saturated rings. The van der Waals surface area contributed by atoms with Crippen molar-refractivity contribution in [1.29, 1.82) is 0 Å². The molecule has 164 valence electrons. The summed E-state index contributed by atoms with van der Waals surface area (Å²) < 4.78 is 0. The van der Waals surface area contributed by atoms with Gasteiger partial charge in [0.25, 0.3) is 0 Å². The van der Waals surface area contributed by atoms with Gasteiger partial charge in [0.2, 0.25) is 0 Å². The van der Waals surface area contributed by atoms with E-state index in [0.29, 0.717) is 5.92 Å². The zero-order valence-electron chi connectivity index (χ0n) is 21.9. The molecule has 0 unspecified atom stereocenters. The molecule has 0 bridgehead atoms. The van der Waals surface area contributed by atoms with Crippen LogP contribution in [0, 0.1) is 5.92 Å². The van der Waals surface area contributed by atoms with Gasteiger partial charge in [-0.3, -0.25) is 0 Å². The highest BCUT2D eigenvalue weighted by atomic mass is 13.8. The smallest absolute Gasteiger partial charge is 0.00872 e. The summed E-state index contributed by atoms with van der Waals surface area (Å²) in [5.41, 5.74) is 0. The van der Waals surface area contributed by atoms with E-state index in [-0.39, 0.29) is 0 Å². The predicted octanol–water partition coefficient (Wildman–Crippen LogP) is 11.1. The molecule has 0 aromatic carbocycles. The Kier molecular flexibility index (Phi) is 446. The highest BCUT2D eigenvalue weighted by molar-refractivity contribution is 4.88. The van der Waals surface area contributed by atoms with Crippen LogP contribution in [0.1, 0.15) is 104 Å². The molecule has 0 amide bonds. The van der Waals surface area contributed by atoms with Gasteiger partial charge in [-0.25, -0.2) is 0 Å². The number of allylic oxidation sites excluding steroid dienone is 6. The average Bonchev–Trinajstić information content (AvgIpc) is 2.76. The minimum atomic E-state index is 0.463. The van der Waals surface area contributed by atoms with Crippen molar-refractivity contribution in [3.8, 4) is 0 Å². The summed E-state index contributed by atoms with van der Waals surface area (Å²) in [5.74, 6) is 0.463. The summed E-state index contributed by atoms with van der Waals surface area (Å²) in [6.07, 6.45) is 11.2. The maximum absolute atomic E-state index is 3.56. The van der Waals surface area contributed by atoms with Crippen molar-refractivity contribution in [2.24, 2.45) is 5.92 Å². The molecule has 0 radical (unpaired) electrons. The Morgan fingerprint density at radius 2 is 0.577 bits per heavy atom. The van der Waals surface area contributed by atoms with Crippen molar-refractivity contribution in [3.63, 3.8) is 0 Å². The van der Waals surface area contributed by atoms with Crippen LogP contribution in [-0.4, -0.2) is 0 Å². The van der Waals surface area contributed by atoms with Gasteiger partial charge >= 0.3 is 0 Å². The highest BCUT2D eigenvalue weighted by Crippen LogP contribution is 1.92. The van der Waals surface area contributed by atoms with Crippen molar-refractivity contribution in [2.45, 2.75) is 104 Å². The van der Waals surface area contributed by atoms with Crippen LogP contribution < -0.4 is 0 Å². The molecule has 0 spiro atoms. The fourth-order valence-corrected chi connectivity index (χ4v) is 0.0962. The summed E-state index contributed by atoms with van der Waals surface area (Å²) >= 11 is 0. The van der Waals surface area contributed by atoms with Gasteiger partial charge in [-0.2, -0.15) is 0 Å². The maximum atomic E-state index is 3.56. The molecule has 0 aliphatic heterocycles. The van der Waals surface area contributed by atoms with Crippen LogP contribution in [0.25, 0.3) is 0 Å². The molecule has 0 heterocycles. The van der Waals surface area contributed by atoms with Gasteiger partial charge in [0.05, 0.1) is 0 Å². The standard InChI is InChI=1S/C6H10.C4H8.2C3H6.5C2H6/c1-4-6(3)5-2;1-3-4-2;2*1-3-2;5*1-2/h4-6H,1-2H2,3H3;3-4H,1-2H3;2*3H,1H2,2H3;5*1-2H3/b;4-3-;;;;;;;. The first kappa shape index (κ1) is 56.3. The lowest BCUT2D eigenvalue weighted by molar-refractivity contribution is 0.948. The zero-order chi connectivity index (χ0) is 23.8. The molecule has 26 heavy (non-hydrogen) atoms. The second kappa shape index (κ2) is 206. The Labute approximate surface area is 172 Å². The Morgan fingerprint density at radius 3 is 0.577 bits per heavy atom. The molecular weight excluding hydrogens is 312 g/mol. The third-order valence-electron chi connectivity index (χ3n) is 1.08. The van der Waals surface area contributed by atoms with E-state index in [0.717, 1.165) is 0 Å². The third-order valence-corrected chi connectivity index (χ3v) is 1.08. The van der Waals surface area contributed by atoms with Crippen LogP contribution in [0.5, 0.6) is 0 Å². The summed E-state index contributed by atoms with van der Waals surface area (Å²) in [6.45, 7) is 43.7. The van der Waals surface area contributed by atoms with Gasteiger partial charge in [0.15, 0.2) is 0 Å². The Hall–Kier alpha value is -1.30. The lowest BCUT2D eigenvalue weighted by atomic mass is 10.2. The van der Waals surface area contributed by atoms with Gasteiger partial charge < -0.3 is 0 Å². The highest BCUT2D eigenvalue weighted by Gasteiger charge is 1.79. The number of hydrogen-bond acceptors (Lipinski definition) is 0. The van der Waals surface area contributed by atoms with Crippen LogP contribution in [0.2, 0.25) is 0 Å². The van der Waals surface area contributed by atoms with Gasteiger partial charge in [-0.15, -0.1) is 26.3 Å². The van der Waals surface area contributed by atoms with Crippen LogP contribution in [-0.2, 0) is 0 Å². The van der Waals surface area contributed by atoms with Gasteiger partial charge in [-0.05, 0) is 33.6 Å². The molecule has 0 saturated heterocycles. The zero-order valence-corrected chi connectivity index (χ0v) is 21.9. The van der Waals surface area contributed by atoms with E-state index in [4.69, 9.17) is 0 Å². The maximum Gasteiger partial charge on any atom is -0.00872 e. The summed E-state index contributed by atoms with van der Waals surface area (Å²) in [6, 6.07) is 0. The fraction of sp³-hybridized carbons (Fsp3) is 0.615. The van der Waals surface area contributed by atoms with E-state index in [1.807, 2.05) is 128 Å². The van der Waals surface area contributed by atoms with Crippen molar-refractivity contribution < 1.29 is 0 Å². The van der Waals surface area contributed by atoms with E-state index < -0.39 is 0 Å². The van der Waals surface area contributed by atoms with Crippen LogP contribution in [0.4, 0.5) is 0 Å². The molecule has 0 nitrogen and oxygen atoms in total. The van der Waals surface area contributed by atoms with Crippen molar-refractivity contribution in [1.82, 2.24) is 0 Å². The molecular formula is C26H60. The topological polar surface area (TPSA) is 0 Å². The Morgan fingerprint density at radius 1 is 0.462 bits per heavy atom. The molecule has 0 aromatic heterocycles. The van der Waals surface area contributed by atoms with E-state index in [9.17, 15) is 0 Å². The minimum absolute atomic E-state index is 0.463. The van der Waals surface area contributed by atoms with Crippen LogP contribution >= 0.6 is 0 Å². The number of hydrogen-bond donors (Lipinski definition) is 0. The van der Waals surface area contributed by atoms with Gasteiger partial charge in [0.1, 0.15) is 0 Å². The molecule has 0 rings (SSSR count). The van der Waals surface area contributed by atoms with E-state index in [1.54, 1.807) is 12.2 Å². The SMILES string of the molecule is C/C=C\C.C=CC.C=CC.C=CC(C)C=C.CC.CC.CC.CC.CC. The Bertz CT molecular complexity index is 143. The van der Waals surface area contributed by atoms with Crippen LogP contribution in [0.15, 0.2) is 62.8 Å². The van der Waals surface area contributed by atoms with Gasteiger partial charge in [0, 0.05) is 0 Å². The lowest BCUT2D eigenvalue weighted by Gasteiger charge is -1.88. The lowest BCUT2D eigenvalue weighted by Crippen LogP contribution is -1.75. The third kappa shape index (κ3) is 781. The molecule has 0 aliphatic carbocycles. The van der Waals surface area contributed by atoms with E-state index in [2.05, 4.69) is 26.3 Å². The van der Waals surface area contributed by atoms with Crippen molar-refractivity contribution in [3.05, 3.63) is 62.8 Å². The molecule has 0 saturated carbocycles. The fourth-order valence-electron chi connectivity index (χ4n) is 0.0962. The summed E-state index contributed by atoms with van der Waals surface area (Å²) in [4.78, 5) is 0. The van der Waals surface area contributed by atoms with Gasteiger partial charge in [-0.1, -0.05) is 113 Å². The van der Waals surface area contributed by atoms with E-state index in [1.165, 1.54) is 0 Å². The average molecular weight is 373 g/mol. The second-order valence-corrected chi connectivity index (χ2v) is 2.81. The number of rotatable bonds is 2. The monoisotopic (exact) mass is 372 g/mol. The summed E-state index contributed by atoms with van der Waals surface area (Å²) in [7, 11) is 0. The largest absolute Gasteiger partial charge is 0.103 e. The Balaban J connectivity index is -0.0000000187. The van der Waals surface area contributed by atoms with Crippen molar-refractivity contribution >= 4 is 0 Å². The summed E-state index contributed by atoms with van der Waals surface area (Å²) in [5, 5.41) is 0. The van der Waals surface area contributed by atoms with E-state index >= 15 is 0 Å². The molecule has 0 atom stereocenters. The normalized spacial score (nSPS) is 5.54. The molecule has 0 heteroatoms. The first-order valence-corrected chi connectivity index (χ1v) is 10.5. The predicted molar refractivity (Wildman–Crippen MR) is 139 cm³/mol. The quantitative estimate of drug-likeness (QED) is 0.423. The first-order valence-electron chi connectivity index (χ1n) is 10.5.